The van der Waals surface area contributed by atoms with E-state index in [1.165, 1.54) is 0 Å². The maximum Gasteiger partial charge on any atom is 0.115 e. The molecule has 0 heterocycles. The van der Waals surface area contributed by atoms with E-state index in [-0.39, 0.29) is 6.04 Å². The lowest BCUT2D eigenvalue weighted by Gasteiger charge is -2.30. The van der Waals surface area contributed by atoms with Gasteiger partial charge < -0.3 is 4.74 Å². The van der Waals surface area contributed by atoms with E-state index in [9.17, 15) is 0 Å². The number of nitrogens with zero attached hydrogens (tertiary/aromatic N) is 2. The molecule has 0 saturated heterocycles. The van der Waals surface area contributed by atoms with Crippen LogP contribution in [-0.2, 0) is 10.3 Å². The summed E-state index contributed by atoms with van der Waals surface area (Å²) in [6.07, 6.45) is 17.1. The normalized spacial score (nSPS) is 24.0. The van der Waals surface area contributed by atoms with Gasteiger partial charge in [-0.05, 0) is 34.9 Å². The largest absolute Gasteiger partial charge is 0.369 e. The molecule has 2 unspecified atom stereocenters. The lowest BCUT2D eigenvalue weighted by atomic mass is 9.86. The van der Waals surface area contributed by atoms with Crippen molar-refractivity contribution in [2.75, 3.05) is 7.11 Å². The third kappa shape index (κ3) is 5.15. The molecule has 0 bridgehead atoms. The highest BCUT2D eigenvalue weighted by Gasteiger charge is 2.30. The number of ether oxygens (including phenoxy) is 1. The second-order valence-corrected chi connectivity index (χ2v) is 7.36. The highest BCUT2D eigenvalue weighted by molar-refractivity contribution is 5.59. The predicted octanol–water partition coefficient (Wildman–Crippen LogP) is 5.41. The summed E-state index contributed by atoms with van der Waals surface area (Å²) in [5, 5.41) is 8.37. The zero-order chi connectivity index (χ0) is 21.4. The van der Waals surface area contributed by atoms with Gasteiger partial charge in [-0.3, -0.25) is 0 Å². The Morgan fingerprint density at radius 1 is 1.00 bits per heavy atom. The predicted molar refractivity (Wildman–Crippen MR) is 125 cm³/mol. The molecule has 2 aromatic rings. The SMILES string of the molecule is COC1(c2ccccc2)C=CC(N=NNNC2C=CC=C/C2=C\c2ccccc2)=CC1. The maximum atomic E-state index is 5.83. The highest BCUT2D eigenvalue weighted by atomic mass is 16.5. The van der Waals surface area contributed by atoms with Gasteiger partial charge >= 0.3 is 0 Å². The Bertz CT molecular complexity index is 1050. The average molecular weight is 411 g/mol. The molecule has 2 aliphatic rings. The monoisotopic (exact) mass is 410 g/mol. The number of hydrogen-bond donors (Lipinski definition) is 2. The van der Waals surface area contributed by atoms with Crippen molar-refractivity contribution in [2.45, 2.75) is 18.1 Å². The summed E-state index contributed by atoms with van der Waals surface area (Å²) in [5.41, 5.74) is 9.80. The van der Waals surface area contributed by atoms with Gasteiger partial charge in [0.05, 0.1) is 11.7 Å². The summed E-state index contributed by atoms with van der Waals surface area (Å²) in [7, 11) is 1.73. The van der Waals surface area contributed by atoms with Crippen molar-refractivity contribution in [3.05, 3.63) is 126 Å². The van der Waals surface area contributed by atoms with E-state index in [0.29, 0.717) is 6.42 Å². The number of rotatable bonds is 7. The summed E-state index contributed by atoms with van der Waals surface area (Å²) in [6.45, 7) is 0. The van der Waals surface area contributed by atoms with Gasteiger partial charge in [0, 0.05) is 13.5 Å². The molecule has 0 amide bonds. The van der Waals surface area contributed by atoms with E-state index < -0.39 is 5.60 Å². The van der Waals surface area contributed by atoms with E-state index >= 15 is 0 Å². The second-order valence-electron chi connectivity index (χ2n) is 7.36. The van der Waals surface area contributed by atoms with Crippen molar-refractivity contribution in [1.29, 1.82) is 0 Å². The Morgan fingerprint density at radius 2 is 1.77 bits per heavy atom. The first-order valence-corrected chi connectivity index (χ1v) is 10.3. The Balaban J connectivity index is 1.35. The molecule has 0 aromatic heterocycles. The third-order valence-electron chi connectivity index (χ3n) is 5.40. The van der Waals surface area contributed by atoms with Gasteiger partial charge in [-0.15, -0.1) is 5.11 Å². The van der Waals surface area contributed by atoms with Crippen LogP contribution in [0.5, 0.6) is 0 Å². The molecule has 31 heavy (non-hydrogen) atoms. The average Bonchev–Trinajstić information content (AvgIpc) is 2.84. The highest BCUT2D eigenvalue weighted by Crippen LogP contribution is 2.34. The topological polar surface area (TPSA) is 58.0 Å². The van der Waals surface area contributed by atoms with Crippen LogP contribution in [0.15, 0.2) is 125 Å². The van der Waals surface area contributed by atoms with Crippen molar-refractivity contribution in [3.8, 4) is 0 Å². The van der Waals surface area contributed by atoms with Crippen molar-refractivity contribution < 1.29 is 4.74 Å². The van der Waals surface area contributed by atoms with Gasteiger partial charge in [0.15, 0.2) is 0 Å². The smallest absolute Gasteiger partial charge is 0.115 e. The lowest BCUT2D eigenvalue weighted by Crippen LogP contribution is -2.37. The van der Waals surface area contributed by atoms with Crippen LogP contribution in [0, 0.1) is 0 Å². The molecule has 5 nitrogen and oxygen atoms in total. The summed E-state index contributed by atoms with van der Waals surface area (Å²) >= 11 is 0. The molecule has 2 N–H and O–H groups in total. The lowest BCUT2D eigenvalue weighted by molar-refractivity contribution is 0.0303. The molecule has 4 rings (SSSR count). The minimum absolute atomic E-state index is 0.000689. The summed E-state index contributed by atoms with van der Waals surface area (Å²) in [5.74, 6) is 0. The Hall–Kier alpha value is -3.54. The fourth-order valence-corrected chi connectivity index (χ4v) is 3.64. The Kier molecular flexibility index (Phi) is 6.67. The van der Waals surface area contributed by atoms with Gasteiger partial charge in [-0.1, -0.05) is 96.3 Å². The zero-order valence-corrected chi connectivity index (χ0v) is 17.5. The minimum atomic E-state index is -0.456. The number of methoxy groups -OCH3 is 1. The fourth-order valence-electron chi connectivity index (χ4n) is 3.64. The first-order valence-electron chi connectivity index (χ1n) is 10.3. The van der Waals surface area contributed by atoms with E-state index in [1.54, 1.807) is 7.11 Å². The standard InChI is InChI=1S/C26H26N4O/c1-31-26(23-13-6-3-7-14-23)18-16-24(17-19-26)27-29-30-28-25-15-9-8-12-22(25)20-21-10-4-2-5-11-21/h2-18,20,25H,19H2,1H3,(H,27,30)(H,28,29)/b22-20+. The summed E-state index contributed by atoms with van der Waals surface area (Å²) < 4.78 is 5.83. The van der Waals surface area contributed by atoms with E-state index in [4.69, 9.17) is 4.74 Å². The molecule has 2 aromatic carbocycles. The molecule has 0 spiro atoms. The van der Waals surface area contributed by atoms with Crippen LogP contribution in [-0.4, -0.2) is 13.2 Å². The Morgan fingerprint density at radius 3 is 2.48 bits per heavy atom. The summed E-state index contributed by atoms with van der Waals surface area (Å²) in [6, 6.07) is 20.4. The summed E-state index contributed by atoms with van der Waals surface area (Å²) in [4.78, 5) is 0. The molecule has 5 heteroatoms. The van der Waals surface area contributed by atoms with Gasteiger partial charge in [-0.25, -0.2) is 11.0 Å². The van der Waals surface area contributed by atoms with E-state index in [1.807, 2.05) is 66.8 Å². The van der Waals surface area contributed by atoms with Crippen LogP contribution >= 0.6 is 0 Å². The molecule has 0 aliphatic heterocycles. The number of nitrogens with one attached hydrogen (secondary N) is 2. The molecule has 0 saturated carbocycles. The van der Waals surface area contributed by atoms with Crippen molar-refractivity contribution in [3.63, 3.8) is 0 Å². The fraction of sp³-hybridized carbons (Fsp3) is 0.154. The molecular formula is C26H26N4O. The number of benzene rings is 2. The molecule has 0 fully saturated rings. The van der Waals surface area contributed by atoms with Crippen molar-refractivity contribution >= 4 is 6.08 Å². The van der Waals surface area contributed by atoms with Gasteiger partial charge in [-0.2, -0.15) is 0 Å². The Labute approximate surface area is 183 Å². The quantitative estimate of drug-likeness (QED) is 0.474. The van der Waals surface area contributed by atoms with Gasteiger partial charge in [0.2, 0.25) is 0 Å². The first kappa shape index (κ1) is 20.7. The number of hydrazine groups is 1. The van der Waals surface area contributed by atoms with Crippen LogP contribution in [0.25, 0.3) is 6.08 Å². The number of allylic oxidation sites excluding steroid dienone is 3. The first-order chi connectivity index (χ1) is 15.3. The third-order valence-corrected chi connectivity index (χ3v) is 5.40. The minimum Gasteiger partial charge on any atom is -0.369 e. The van der Waals surface area contributed by atoms with Crippen LogP contribution in [0.2, 0.25) is 0 Å². The molecule has 156 valence electrons. The van der Waals surface area contributed by atoms with Gasteiger partial charge in [0.1, 0.15) is 5.60 Å². The number of hydrogen-bond acceptors (Lipinski definition) is 4. The van der Waals surface area contributed by atoms with Gasteiger partial charge in [0.25, 0.3) is 0 Å². The van der Waals surface area contributed by atoms with E-state index in [2.05, 4.69) is 63.8 Å². The molecule has 2 atom stereocenters. The zero-order valence-electron chi connectivity index (χ0n) is 17.5. The van der Waals surface area contributed by atoms with Crippen LogP contribution in [0.4, 0.5) is 0 Å². The molecular weight excluding hydrogens is 384 g/mol. The van der Waals surface area contributed by atoms with Crippen LogP contribution < -0.4 is 11.0 Å². The van der Waals surface area contributed by atoms with Crippen molar-refractivity contribution in [2.24, 2.45) is 10.3 Å². The second kappa shape index (κ2) is 9.98. The van der Waals surface area contributed by atoms with E-state index in [0.717, 1.165) is 22.4 Å². The maximum absolute atomic E-state index is 5.83. The molecule has 2 aliphatic carbocycles. The van der Waals surface area contributed by atoms with Crippen LogP contribution in [0.1, 0.15) is 17.5 Å². The molecule has 0 radical (unpaired) electrons. The van der Waals surface area contributed by atoms with Crippen molar-refractivity contribution in [1.82, 2.24) is 11.0 Å². The van der Waals surface area contributed by atoms with Crippen LogP contribution in [0.3, 0.4) is 0 Å².